The summed E-state index contributed by atoms with van der Waals surface area (Å²) < 4.78 is 0. The first kappa shape index (κ1) is 13.5. The molecule has 104 valence electrons. The quantitative estimate of drug-likeness (QED) is 0.710. The standard InChI is InChI=1S/C18H20ClN/c19-16-10-11-17(18(20)12-16)15-8-6-14(7-9-15)13-4-2-1-3-5-13/h6-13H,1-5,20H2. The second kappa shape index (κ2) is 5.88. The monoisotopic (exact) mass is 285 g/mol. The third-order valence-corrected chi connectivity index (χ3v) is 4.55. The molecule has 0 amide bonds. The van der Waals surface area contributed by atoms with Crippen molar-refractivity contribution in [1.29, 1.82) is 0 Å². The fourth-order valence-electron chi connectivity index (χ4n) is 3.17. The molecule has 20 heavy (non-hydrogen) atoms. The predicted molar refractivity (Wildman–Crippen MR) is 87.1 cm³/mol. The van der Waals surface area contributed by atoms with Crippen LogP contribution in [0.15, 0.2) is 42.5 Å². The van der Waals surface area contributed by atoms with Crippen molar-refractivity contribution in [3.8, 4) is 11.1 Å². The van der Waals surface area contributed by atoms with Crippen LogP contribution in [0.1, 0.15) is 43.6 Å². The number of hydrogen-bond donors (Lipinski definition) is 1. The molecule has 3 rings (SSSR count). The minimum absolute atomic E-state index is 0.685. The van der Waals surface area contributed by atoms with Crippen LogP contribution < -0.4 is 5.73 Å². The summed E-state index contributed by atoms with van der Waals surface area (Å²) in [5, 5.41) is 0.685. The van der Waals surface area contributed by atoms with E-state index in [0.717, 1.165) is 17.2 Å². The van der Waals surface area contributed by atoms with Gasteiger partial charge in [0.25, 0.3) is 0 Å². The summed E-state index contributed by atoms with van der Waals surface area (Å²) >= 11 is 5.95. The van der Waals surface area contributed by atoms with Gasteiger partial charge in [-0.25, -0.2) is 0 Å². The van der Waals surface area contributed by atoms with E-state index in [1.54, 1.807) is 0 Å². The van der Waals surface area contributed by atoms with E-state index < -0.39 is 0 Å². The third-order valence-electron chi connectivity index (χ3n) is 4.31. The van der Waals surface area contributed by atoms with Crippen LogP contribution in [0.5, 0.6) is 0 Å². The van der Waals surface area contributed by atoms with Crippen molar-refractivity contribution >= 4 is 17.3 Å². The Bertz CT molecular complexity index is 583. The van der Waals surface area contributed by atoms with Gasteiger partial charge >= 0.3 is 0 Å². The molecule has 0 spiro atoms. The number of rotatable bonds is 2. The lowest BCUT2D eigenvalue weighted by atomic mass is 9.83. The molecule has 0 atom stereocenters. The maximum Gasteiger partial charge on any atom is 0.0426 e. The zero-order chi connectivity index (χ0) is 13.9. The van der Waals surface area contributed by atoms with Crippen LogP contribution in [-0.2, 0) is 0 Å². The maximum absolute atomic E-state index is 6.05. The molecule has 2 aromatic rings. The van der Waals surface area contributed by atoms with Crippen LogP contribution in [0.4, 0.5) is 5.69 Å². The van der Waals surface area contributed by atoms with E-state index in [2.05, 4.69) is 24.3 Å². The Morgan fingerprint density at radius 3 is 2.25 bits per heavy atom. The highest BCUT2D eigenvalue weighted by atomic mass is 35.5. The number of nitrogens with two attached hydrogens (primary N) is 1. The number of benzene rings is 2. The molecule has 0 bridgehead atoms. The predicted octanol–water partition coefficient (Wildman–Crippen LogP) is 5.64. The molecule has 2 N–H and O–H groups in total. The lowest BCUT2D eigenvalue weighted by Gasteiger charge is -2.22. The fourth-order valence-corrected chi connectivity index (χ4v) is 3.35. The minimum Gasteiger partial charge on any atom is -0.398 e. The first-order valence-corrected chi connectivity index (χ1v) is 7.77. The van der Waals surface area contributed by atoms with Gasteiger partial charge in [0.15, 0.2) is 0 Å². The van der Waals surface area contributed by atoms with E-state index in [9.17, 15) is 0 Å². The van der Waals surface area contributed by atoms with E-state index >= 15 is 0 Å². The van der Waals surface area contributed by atoms with Crippen LogP contribution in [0.25, 0.3) is 11.1 Å². The molecule has 1 nitrogen and oxygen atoms in total. The highest BCUT2D eigenvalue weighted by Gasteiger charge is 2.15. The summed E-state index contributed by atoms with van der Waals surface area (Å²) in [5.41, 5.74) is 10.5. The topological polar surface area (TPSA) is 26.0 Å². The number of halogens is 1. The molecule has 1 fully saturated rings. The summed E-state index contributed by atoms with van der Waals surface area (Å²) in [6, 6.07) is 14.6. The molecule has 1 aliphatic rings. The van der Waals surface area contributed by atoms with Gasteiger partial charge in [0, 0.05) is 16.3 Å². The lowest BCUT2D eigenvalue weighted by Crippen LogP contribution is -2.04. The van der Waals surface area contributed by atoms with Crippen LogP contribution in [-0.4, -0.2) is 0 Å². The first-order valence-electron chi connectivity index (χ1n) is 7.39. The van der Waals surface area contributed by atoms with E-state index in [1.807, 2.05) is 18.2 Å². The molecule has 1 aliphatic carbocycles. The van der Waals surface area contributed by atoms with Gasteiger partial charge in [0.2, 0.25) is 0 Å². The normalized spacial score (nSPS) is 16.2. The largest absolute Gasteiger partial charge is 0.398 e. The van der Waals surface area contributed by atoms with Gasteiger partial charge in [0.05, 0.1) is 0 Å². The highest BCUT2D eigenvalue weighted by Crippen LogP contribution is 2.34. The molecule has 2 heteroatoms. The zero-order valence-electron chi connectivity index (χ0n) is 11.6. The zero-order valence-corrected chi connectivity index (χ0v) is 12.4. The van der Waals surface area contributed by atoms with Gasteiger partial charge in [-0.1, -0.05) is 61.2 Å². The van der Waals surface area contributed by atoms with E-state index in [4.69, 9.17) is 17.3 Å². The maximum atomic E-state index is 6.05. The summed E-state index contributed by atoms with van der Waals surface area (Å²) in [5.74, 6) is 0.750. The number of nitrogen functional groups attached to an aromatic ring is 1. The van der Waals surface area contributed by atoms with Gasteiger partial charge < -0.3 is 5.73 Å². The Balaban J connectivity index is 1.85. The Kier molecular flexibility index (Phi) is 3.98. The smallest absolute Gasteiger partial charge is 0.0426 e. The van der Waals surface area contributed by atoms with Gasteiger partial charge in [-0.15, -0.1) is 0 Å². The molecule has 0 unspecified atom stereocenters. The summed E-state index contributed by atoms with van der Waals surface area (Å²) in [7, 11) is 0. The Labute approximate surface area is 125 Å². The molecule has 0 saturated heterocycles. The van der Waals surface area contributed by atoms with Crippen molar-refractivity contribution in [1.82, 2.24) is 0 Å². The molecule has 0 aliphatic heterocycles. The molecular weight excluding hydrogens is 266 g/mol. The summed E-state index contributed by atoms with van der Waals surface area (Å²) in [6.45, 7) is 0. The van der Waals surface area contributed by atoms with Crippen LogP contribution >= 0.6 is 11.6 Å². The first-order chi connectivity index (χ1) is 9.74. The third kappa shape index (κ3) is 2.83. The van der Waals surface area contributed by atoms with Crippen molar-refractivity contribution in [3.05, 3.63) is 53.1 Å². The van der Waals surface area contributed by atoms with E-state index in [-0.39, 0.29) is 0 Å². The fraction of sp³-hybridized carbons (Fsp3) is 0.333. The Morgan fingerprint density at radius 1 is 0.900 bits per heavy atom. The number of anilines is 1. The lowest BCUT2D eigenvalue weighted by molar-refractivity contribution is 0.443. The van der Waals surface area contributed by atoms with Gasteiger partial charge in [-0.05, 0) is 42.0 Å². The van der Waals surface area contributed by atoms with Gasteiger partial charge in [0.1, 0.15) is 0 Å². The summed E-state index contributed by atoms with van der Waals surface area (Å²) in [6.07, 6.45) is 6.81. The average molecular weight is 286 g/mol. The van der Waals surface area contributed by atoms with Crippen LogP contribution in [0.2, 0.25) is 5.02 Å². The Morgan fingerprint density at radius 2 is 1.60 bits per heavy atom. The molecule has 0 radical (unpaired) electrons. The minimum atomic E-state index is 0.685. The molecule has 0 heterocycles. The highest BCUT2D eigenvalue weighted by molar-refractivity contribution is 6.31. The van der Waals surface area contributed by atoms with Gasteiger partial charge in [-0.2, -0.15) is 0 Å². The van der Waals surface area contributed by atoms with Crippen LogP contribution in [0.3, 0.4) is 0 Å². The average Bonchev–Trinajstić information content (AvgIpc) is 2.48. The van der Waals surface area contributed by atoms with E-state index in [0.29, 0.717) is 5.02 Å². The van der Waals surface area contributed by atoms with Crippen molar-refractivity contribution in [2.75, 3.05) is 5.73 Å². The second-order valence-electron chi connectivity index (χ2n) is 5.69. The molecule has 0 aromatic heterocycles. The van der Waals surface area contributed by atoms with Gasteiger partial charge in [-0.3, -0.25) is 0 Å². The summed E-state index contributed by atoms with van der Waals surface area (Å²) in [4.78, 5) is 0. The molecule has 2 aromatic carbocycles. The second-order valence-corrected chi connectivity index (χ2v) is 6.12. The molecular formula is C18H20ClN. The van der Waals surface area contributed by atoms with Crippen LogP contribution in [0, 0.1) is 0 Å². The van der Waals surface area contributed by atoms with Crippen molar-refractivity contribution in [2.45, 2.75) is 38.0 Å². The Hall–Kier alpha value is -1.47. The van der Waals surface area contributed by atoms with Crippen molar-refractivity contribution in [2.24, 2.45) is 0 Å². The SMILES string of the molecule is Nc1cc(Cl)ccc1-c1ccc(C2CCCCC2)cc1. The van der Waals surface area contributed by atoms with Crippen molar-refractivity contribution < 1.29 is 0 Å². The van der Waals surface area contributed by atoms with E-state index in [1.165, 1.54) is 43.2 Å². The van der Waals surface area contributed by atoms with Crippen molar-refractivity contribution in [3.63, 3.8) is 0 Å². The molecule has 1 saturated carbocycles. The number of hydrogen-bond acceptors (Lipinski definition) is 1.